The molecule has 0 spiro atoms. The minimum Gasteiger partial charge on any atom is -0.465 e. The standard InChI is InChI=1S/C13H16O2S2/c1-2-15-13(14)9-16-8-11-7-10-5-3-4-6-12(10)17-11/h3-6,11H,2,7-9H2,1H3. The predicted molar refractivity (Wildman–Crippen MR) is 73.7 cm³/mol. The lowest BCUT2D eigenvalue weighted by atomic mass is 10.1. The lowest BCUT2D eigenvalue weighted by Gasteiger charge is -2.07. The minimum atomic E-state index is -0.0991. The molecule has 1 aliphatic heterocycles. The van der Waals surface area contributed by atoms with Crippen LogP contribution in [-0.4, -0.2) is 29.3 Å². The first kappa shape index (κ1) is 12.8. The maximum absolute atomic E-state index is 11.2. The summed E-state index contributed by atoms with van der Waals surface area (Å²) in [5.41, 5.74) is 1.44. The van der Waals surface area contributed by atoms with Crippen molar-refractivity contribution in [2.75, 3.05) is 18.1 Å². The Morgan fingerprint density at radius 2 is 2.35 bits per heavy atom. The molecule has 92 valence electrons. The number of benzene rings is 1. The fourth-order valence-corrected chi connectivity index (χ4v) is 4.21. The molecule has 0 amide bonds. The lowest BCUT2D eigenvalue weighted by molar-refractivity contribution is -0.139. The van der Waals surface area contributed by atoms with Gasteiger partial charge >= 0.3 is 5.97 Å². The van der Waals surface area contributed by atoms with Crippen molar-refractivity contribution >= 4 is 29.5 Å². The molecule has 1 aliphatic rings. The number of hydrogen-bond acceptors (Lipinski definition) is 4. The molecule has 0 fully saturated rings. The van der Waals surface area contributed by atoms with E-state index in [9.17, 15) is 4.79 Å². The van der Waals surface area contributed by atoms with Gasteiger partial charge in [0.1, 0.15) is 0 Å². The molecule has 0 aliphatic carbocycles. The van der Waals surface area contributed by atoms with Crippen molar-refractivity contribution in [2.24, 2.45) is 0 Å². The molecule has 1 aromatic rings. The Labute approximate surface area is 111 Å². The van der Waals surface area contributed by atoms with E-state index < -0.39 is 0 Å². The van der Waals surface area contributed by atoms with Crippen LogP contribution < -0.4 is 0 Å². The van der Waals surface area contributed by atoms with E-state index in [4.69, 9.17) is 4.74 Å². The summed E-state index contributed by atoms with van der Waals surface area (Å²) in [7, 11) is 0. The smallest absolute Gasteiger partial charge is 0.315 e. The van der Waals surface area contributed by atoms with E-state index in [1.807, 2.05) is 18.7 Å². The van der Waals surface area contributed by atoms with E-state index in [0.717, 1.165) is 12.2 Å². The zero-order valence-corrected chi connectivity index (χ0v) is 11.5. The van der Waals surface area contributed by atoms with E-state index >= 15 is 0 Å². The molecule has 0 radical (unpaired) electrons. The molecule has 0 saturated heterocycles. The number of esters is 1. The first-order valence-electron chi connectivity index (χ1n) is 5.77. The normalized spacial score (nSPS) is 17.8. The number of hydrogen-bond donors (Lipinski definition) is 0. The van der Waals surface area contributed by atoms with Gasteiger partial charge in [0, 0.05) is 15.9 Å². The highest BCUT2D eigenvalue weighted by atomic mass is 32.2. The summed E-state index contributed by atoms with van der Waals surface area (Å²) in [4.78, 5) is 12.6. The van der Waals surface area contributed by atoms with Gasteiger partial charge in [-0.15, -0.1) is 23.5 Å². The Balaban J connectivity index is 1.72. The second-order valence-electron chi connectivity index (χ2n) is 3.87. The summed E-state index contributed by atoms with van der Waals surface area (Å²) in [6.07, 6.45) is 1.12. The molecular formula is C13H16O2S2. The van der Waals surface area contributed by atoms with Crippen LogP contribution in [0.2, 0.25) is 0 Å². The molecular weight excluding hydrogens is 252 g/mol. The van der Waals surface area contributed by atoms with E-state index in [-0.39, 0.29) is 5.97 Å². The molecule has 1 atom stereocenters. The number of carbonyl (C=O) groups is 1. The molecule has 0 bridgehead atoms. The highest BCUT2D eigenvalue weighted by Crippen LogP contribution is 2.38. The first-order chi connectivity index (χ1) is 8.29. The highest BCUT2D eigenvalue weighted by molar-refractivity contribution is 8.03. The SMILES string of the molecule is CCOC(=O)CSCC1Cc2ccccc2S1. The Kier molecular flexibility index (Phi) is 4.80. The summed E-state index contributed by atoms with van der Waals surface area (Å²) >= 11 is 3.60. The van der Waals surface area contributed by atoms with Crippen molar-refractivity contribution in [1.29, 1.82) is 0 Å². The van der Waals surface area contributed by atoms with Crippen LogP contribution in [-0.2, 0) is 16.0 Å². The van der Waals surface area contributed by atoms with E-state index in [1.54, 1.807) is 11.8 Å². The van der Waals surface area contributed by atoms with E-state index in [1.165, 1.54) is 10.5 Å². The fraction of sp³-hybridized carbons (Fsp3) is 0.462. The Morgan fingerprint density at radius 3 is 3.12 bits per heavy atom. The molecule has 17 heavy (non-hydrogen) atoms. The number of rotatable bonds is 5. The number of carbonyl (C=O) groups excluding carboxylic acids is 1. The van der Waals surface area contributed by atoms with Crippen LogP contribution in [0.4, 0.5) is 0 Å². The van der Waals surface area contributed by atoms with Crippen LogP contribution in [0.3, 0.4) is 0 Å². The first-order valence-corrected chi connectivity index (χ1v) is 7.81. The van der Waals surface area contributed by atoms with Gasteiger partial charge in [-0.25, -0.2) is 0 Å². The predicted octanol–water partition coefficient (Wildman–Crippen LogP) is 3.00. The third-order valence-corrected chi connectivity index (χ3v) is 5.15. The molecule has 2 rings (SSSR count). The Hall–Kier alpha value is -0.610. The maximum Gasteiger partial charge on any atom is 0.315 e. The molecule has 1 heterocycles. The van der Waals surface area contributed by atoms with E-state index in [2.05, 4.69) is 24.3 Å². The molecule has 1 aromatic carbocycles. The molecule has 4 heteroatoms. The van der Waals surface area contributed by atoms with Gasteiger partial charge in [-0.2, -0.15) is 0 Å². The van der Waals surface area contributed by atoms with Crippen LogP contribution in [0.5, 0.6) is 0 Å². The Bertz CT molecular complexity index is 368. The van der Waals surface area contributed by atoms with Gasteiger partial charge in [0.15, 0.2) is 0 Å². The quantitative estimate of drug-likeness (QED) is 0.767. The maximum atomic E-state index is 11.2. The number of fused-ring (bicyclic) bond motifs is 1. The minimum absolute atomic E-state index is 0.0991. The van der Waals surface area contributed by atoms with Crippen molar-refractivity contribution in [2.45, 2.75) is 23.5 Å². The zero-order chi connectivity index (χ0) is 12.1. The topological polar surface area (TPSA) is 26.3 Å². The monoisotopic (exact) mass is 268 g/mol. The summed E-state index contributed by atoms with van der Waals surface area (Å²) in [6, 6.07) is 8.54. The second kappa shape index (κ2) is 6.36. The summed E-state index contributed by atoms with van der Waals surface area (Å²) in [5.74, 6) is 1.39. The van der Waals surface area contributed by atoms with Gasteiger partial charge in [0.05, 0.1) is 12.4 Å². The molecule has 2 nitrogen and oxygen atoms in total. The largest absolute Gasteiger partial charge is 0.465 e. The van der Waals surface area contributed by atoms with Gasteiger partial charge in [-0.3, -0.25) is 4.79 Å². The molecule has 1 unspecified atom stereocenters. The van der Waals surface area contributed by atoms with Gasteiger partial charge in [0.2, 0.25) is 0 Å². The number of thioether (sulfide) groups is 2. The summed E-state index contributed by atoms with van der Waals surface area (Å²) in [6.45, 7) is 2.31. The average Bonchev–Trinajstić information content (AvgIpc) is 2.71. The van der Waals surface area contributed by atoms with Gasteiger partial charge in [-0.05, 0) is 25.0 Å². The molecule has 0 N–H and O–H groups in total. The van der Waals surface area contributed by atoms with Crippen molar-refractivity contribution in [1.82, 2.24) is 0 Å². The van der Waals surface area contributed by atoms with Crippen LogP contribution in [0.25, 0.3) is 0 Å². The second-order valence-corrected chi connectivity index (χ2v) is 6.24. The van der Waals surface area contributed by atoms with Gasteiger partial charge < -0.3 is 4.74 Å². The van der Waals surface area contributed by atoms with Crippen LogP contribution in [0.15, 0.2) is 29.2 Å². The summed E-state index contributed by atoms with van der Waals surface area (Å²) in [5, 5.41) is 0.604. The van der Waals surface area contributed by atoms with Gasteiger partial charge in [0.25, 0.3) is 0 Å². The fourth-order valence-electron chi connectivity index (χ4n) is 1.82. The third kappa shape index (κ3) is 3.68. The molecule has 0 aromatic heterocycles. The lowest BCUT2D eigenvalue weighted by Crippen LogP contribution is -2.10. The zero-order valence-electron chi connectivity index (χ0n) is 9.85. The van der Waals surface area contributed by atoms with Crippen molar-refractivity contribution in [3.05, 3.63) is 29.8 Å². The van der Waals surface area contributed by atoms with Crippen LogP contribution in [0.1, 0.15) is 12.5 Å². The van der Waals surface area contributed by atoms with Gasteiger partial charge in [-0.1, -0.05) is 18.2 Å². The summed E-state index contributed by atoms with van der Waals surface area (Å²) < 4.78 is 4.90. The third-order valence-electron chi connectivity index (χ3n) is 2.54. The number of ether oxygens (including phenoxy) is 1. The Morgan fingerprint density at radius 1 is 1.53 bits per heavy atom. The highest BCUT2D eigenvalue weighted by Gasteiger charge is 2.21. The van der Waals surface area contributed by atoms with Crippen LogP contribution >= 0.6 is 23.5 Å². The van der Waals surface area contributed by atoms with E-state index in [0.29, 0.717) is 17.6 Å². The van der Waals surface area contributed by atoms with Crippen molar-refractivity contribution in [3.63, 3.8) is 0 Å². The van der Waals surface area contributed by atoms with Crippen molar-refractivity contribution in [3.8, 4) is 0 Å². The van der Waals surface area contributed by atoms with Crippen molar-refractivity contribution < 1.29 is 9.53 Å². The molecule has 0 saturated carbocycles. The average molecular weight is 268 g/mol. The van der Waals surface area contributed by atoms with Crippen LogP contribution in [0, 0.1) is 0 Å².